The molecular weight excluding hydrogens is 278 g/mol. The first-order valence-electron chi connectivity index (χ1n) is 8.20. The van der Waals surface area contributed by atoms with Crippen molar-refractivity contribution in [3.05, 3.63) is 23.8 Å². The Bertz CT molecular complexity index is 541. The third-order valence-electron chi connectivity index (χ3n) is 4.75. The Morgan fingerprint density at radius 2 is 2.09 bits per heavy atom. The molecule has 2 aliphatic rings. The minimum Gasteiger partial charge on any atom is -0.396 e. The molecule has 0 aliphatic carbocycles. The van der Waals surface area contributed by atoms with Crippen molar-refractivity contribution < 1.29 is 9.90 Å². The van der Waals surface area contributed by atoms with Gasteiger partial charge in [0.2, 0.25) is 0 Å². The molecule has 2 saturated heterocycles. The van der Waals surface area contributed by atoms with Crippen molar-refractivity contribution in [3.8, 4) is 0 Å². The van der Waals surface area contributed by atoms with Crippen molar-refractivity contribution in [2.75, 3.05) is 43.0 Å². The van der Waals surface area contributed by atoms with Gasteiger partial charge in [-0.2, -0.15) is 0 Å². The molecule has 2 fully saturated rings. The molecule has 1 aromatic carbocycles. The lowest BCUT2D eigenvalue weighted by atomic mass is 10.1. The molecule has 0 spiro atoms. The number of nitrogens with zero attached hydrogens (tertiary/aromatic N) is 2. The second-order valence-electron chi connectivity index (χ2n) is 6.41. The van der Waals surface area contributed by atoms with E-state index in [2.05, 4.69) is 22.3 Å². The average Bonchev–Trinajstić information content (AvgIpc) is 3.20. The van der Waals surface area contributed by atoms with Gasteiger partial charge in [-0.25, -0.2) is 4.79 Å². The fourth-order valence-corrected chi connectivity index (χ4v) is 3.32. The first-order chi connectivity index (χ1) is 10.7. The predicted octanol–water partition coefficient (Wildman–Crippen LogP) is 2.44. The molecule has 0 radical (unpaired) electrons. The molecule has 120 valence electrons. The number of hydrogen-bond acceptors (Lipinski definition) is 3. The third-order valence-corrected chi connectivity index (χ3v) is 4.75. The molecule has 22 heavy (non-hydrogen) atoms. The molecule has 0 saturated carbocycles. The van der Waals surface area contributed by atoms with E-state index in [1.807, 2.05) is 13.0 Å². The number of aryl methyl sites for hydroxylation is 1. The molecule has 0 bridgehead atoms. The number of hydrogen-bond donors (Lipinski definition) is 2. The van der Waals surface area contributed by atoms with Crippen LogP contribution in [0.25, 0.3) is 0 Å². The molecule has 3 rings (SSSR count). The van der Waals surface area contributed by atoms with Gasteiger partial charge in [0, 0.05) is 50.1 Å². The van der Waals surface area contributed by atoms with Gasteiger partial charge < -0.3 is 20.2 Å². The molecule has 2 aliphatic heterocycles. The van der Waals surface area contributed by atoms with Crippen LogP contribution in [0.2, 0.25) is 0 Å². The maximum Gasteiger partial charge on any atom is 0.321 e. The Labute approximate surface area is 131 Å². The minimum atomic E-state index is -0.0621. The van der Waals surface area contributed by atoms with Crippen molar-refractivity contribution in [2.45, 2.75) is 26.2 Å². The summed E-state index contributed by atoms with van der Waals surface area (Å²) in [5, 5.41) is 12.2. The van der Waals surface area contributed by atoms with E-state index in [0.717, 1.165) is 37.3 Å². The number of aliphatic hydroxyl groups is 1. The van der Waals surface area contributed by atoms with E-state index in [0.29, 0.717) is 6.54 Å². The van der Waals surface area contributed by atoms with Crippen LogP contribution in [0, 0.1) is 12.8 Å². The van der Waals surface area contributed by atoms with Crippen LogP contribution in [0.3, 0.4) is 0 Å². The molecule has 2 N–H and O–H groups in total. The van der Waals surface area contributed by atoms with E-state index in [-0.39, 0.29) is 18.6 Å². The molecule has 2 amide bonds. The van der Waals surface area contributed by atoms with Crippen LogP contribution in [0.1, 0.15) is 24.8 Å². The molecule has 1 atom stereocenters. The highest BCUT2D eigenvalue weighted by Gasteiger charge is 2.25. The number of carbonyl (C=O) groups is 1. The van der Waals surface area contributed by atoms with Gasteiger partial charge >= 0.3 is 6.03 Å². The number of amides is 2. The van der Waals surface area contributed by atoms with Crippen LogP contribution >= 0.6 is 0 Å². The number of carbonyl (C=O) groups excluding carboxylic acids is 1. The zero-order valence-electron chi connectivity index (χ0n) is 13.2. The van der Waals surface area contributed by atoms with Crippen LogP contribution < -0.4 is 10.2 Å². The summed E-state index contributed by atoms with van der Waals surface area (Å²) in [6, 6.07) is 6.18. The highest BCUT2D eigenvalue weighted by atomic mass is 16.3. The normalized spacial score (nSPS) is 21.5. The smallest absolute Gasteiger partial charge is 0.321 e. The Hall–Kier alpha value is -1.75. The molecule has 0 aromatic heterocycles. The van der Waals surface area contributed by atoms with E-state index < -0.39 is 0 Å². The van der Waals surface area contributed by atoms with Crippen molar-refractivity contribution in [3.63, 3.8) is 0 Å². The maximum absolute atomic E-state index is 12.3. The summed E-state index contributed by atoms with van der Waals surface area (Å²) in [6.45, 7) is 5.82. The van der Waals surface area contributed by atoms with Crippen LogP contribution in [-0.2, 0) is 0 Å². The van der Waals surface area contributed by atoms with Crippen LogP contribution in [0.15, 0.2) is 18.2 Å². The summed E-state index contributed by atoms with van der Waals surface area (Å²) in [5.74, 6) is 0.226. The topological polar surface area (TPSA) is 55.8 Å². The van der Waals surface area contributed by atoms with Gasteiger partial charge in [-0.05, 0) is 49.9 Å². The lowest BCUT2D eigenvalue weighted by Crippen LogP contribution is -2.33. The SMILES string of the molecule is Cc1cc(N2CCCC2)ccc1NC(=O)N1CCC(CO)C1. The van der Waals surface area contributed by atoms with Crippen LogP contribution in [0.4, 0.5) is 16.2 Å². The zero-order chi connectivity index (χ0) is 15.5. The highest BCUT2D eigenvalue weighted by molar-refractivity contribution is 5.90. The van der Waals surface area contributed by atoms with Crippen molar-refractivity contribution in [2.24, 2.45) is 5.92 Å². The number of nitrogens with one attached hydrogen (secondary N) is 1. The van der Waals surface area contributed by atoms with Gasteiger partial charge in [0.1, 0.15) is 0 Å². The van der Waals surface area contributed by atoms with E-state index in [9.17, 15) is 9.90 Å². The summed E-state index contributed by atoms with van der Waals surface area (Å²) in [5.41, 5.74) is 3.21. The van der Waals surface area contributed by atoms with Gasteiger partial charge in [0.25, 0.3) is 0 Å². The second kappa shape index (κ2) is 6.57. The molecule has 5 nitrogen and oxygen atoms in total. The summed E-state index contributed by atoms with van der Waals surface area (Å²) in [7, 11) is 0. The average molecular weight is 303 g/mol. The van der Waals surface area contributed by atoms with Gasteiger partial charge in [0.15, 0.2) is 0 Å². The quantitative estimate of drug-likeness (QED) is 0.902. The predicted molar refractivity (Wildman–Crippen MR) is 88.4 cm³/mol. The first kappa shape index (κ1) is 15.2. The fourth-order valence-electron chi connectivity index (χ4n) is 3.32. The standard InChI is InChI=1S/C17H25N3O2/c1-13-10-15(19-7-2-3-8-19)4-5-16(13)18-17(22)20-9-6-14(11-20)12-21/h4-5,10,14,21H,2-3,6-9,11-12H2,1H3,(H,18,22). The lowest BCUT2D eigenvalue weighted by molar-refractivity contribution is 0.208. The Morgan fingerprint density at radius 3 is 2.73 bits per heavy atom. The van der Waals surface area contributed by atoms with Crippen molar-refractivity contribution >= 4 is 17.4 Å². The zero-order valence-corrected chi connectivity index (χ0v) is 13.2. The summed E-state index contributed by atoms with van der Waals surface area (Å²) < 4.78 is 0. The van der Waals surface area contributed by atoms with Gasteiger partial charge in [-0.1, -0.05) is 0 Å². The number of urea groups is 1. The van der Waals surface area contributed by atoms with E-state index in [1.54, 1.807) is 4.90 Å². The lowest BCUT2D eigenvalue weighted by Gasteiger charge is -2.21. The number of benzene rings is 1. The van der Waals surface area contributed by atoms with Gasteiger partial charge in [0.05, 0.1) is 0 Å². The van der Waals surface area contributed by atoms with Crippen molar-refractivity contribution in [1.82, 2.24) is 4.90 Å². The Kier molecular flexibility index (Phi) is 4.52. The monoisotopic (exact) mass is 303 g/mol. The molecule has 5 heteroatoms. The first-order valence-corrected chi connectivity index (χ1v) is 8.20. The van der Waals surface area contributed by atoms with Crippen LogP contribution in [-0.4, -0.2) is 48.8 Å². The maximum atomic E-state index is 12.3. The molecule has 1 aromatic rings. The number of rotatable bonds is 3. The molecular formula is C17H25N3O2. The Morgan fingerprint density at radius 1 is 1.32 bits per heavy atom. The van der Waals surface area contributed by atoms with Crippen molar-refractivity contribution in [1.29, 1.82) is 0 Å². The number of likely N-dealkylation sites (tertiary alicyclic amines) is 1. The van der Waals surface area contributed by atoms with E-state index >= 15 is 0 Å². The van der Waals surface area contributed by atoms with Gasteiger partial charge in [-0.15, -0.1) is 0 Å². The van der Waals surface area contributed by atoms with E-state index in [1.165, 1.54) is 18.5 Å². The summed E-state index contributed by atoms with van der Waals surface area (Å²) >= 11 is 0. The minimum absolute atomic E-state index is 0.0621. The van der Waals surface area contributed by atoms with E-state index in [4.69, 9.17) is 0 Å². The van der Waals surface area contributed by atoms with Gasteiger partial charge in [-0.3, -0.25) is 0 Å². The Balaban J connectivity index is 1.63. The third kappa shape index (κ3) is 3.19. The number of aliphatic hydroxyl groups excluding tert-OH is 1. The fraction of sp³-hybridized carbons (Fsp3) is 0.588. The highest BCUT2D eigenvalue weighted by Crippen LogP contribution is 2.26. The summed E-state index contributed by atoms with van der Waals surface area (Å²) in [4.78, 5) is 16.5. The molecule has 1 unspecified atom stereocenters. The van der Waals surface area contributed by atoms with Crippen LogP contribution in [0.5, 0.6) is 0 Å². The largest absolute Gasteiger partial charge is 0.396 e. The summed E-state index contributed by atoms with van der Waals surface area (Å²) in [6.07, 6.45) is 3.41. The molecule has 2 heterocycles. The number of anilines is 2. The second-order valence-corrected chi connectivity index (χ2v) is 6.41.